The highest BCUT2D eigenvalue weighted by molar-refractivity contribution is 6.42. The number of rotatable bonds is 0. The Morgan fingerprint density at radius 2 is 0.573 bits per heavy atom. The lowest BCUT2D eigenvalue weighted by Crippen LogP contribution is -2.69. The van der Waals surface area contributed by atoms with Gasteiger partial charge in [-0.3, -0.25) is 0 Å². The van der Waals surface area contributed by atoms with Crippen LogP contribution in [0.1, 0.15) is 174 Å². The maximum Gasteiger partial charge on any atom is 0.553 e. The van der Waals surface area contributed by atoms with Gasteiger partial charge in [0, 0.05) is 83.7 Å². The highest BCUT2D eigenvalue weighted by Crippen LogP contribution is 2.62. The standard InChI is InChI=1S/C51H40N4.C37H44.C21H12N4/c1-21-22(2)24(4)43-40(23(21)3)29(9)41-30(10)42-37-20-36-19-34-14-13-32-17-31-11-12-33-18-35-15-16-38-46(50(37)55(36)51(52(31)33,53(32)34)54(35)38)45-28(8)26(6)39-25(5)27(7)44(43)47(41)48(39)49(42)45;1-16-17(2)19(4)29-27(18(16)3)24(9)28-25(10)35-33-32-26(20(5)21(6)30(29)31(28)32)22(7)23(8)34(33)36(11,12)15-37(35,13)14;1-2-14-10-16-5-6-18-12-20-8-7-19-11-17-4-3-15-9-13(1)22(14)21(23(15)17,24(16)18)25(19)20/h11-20H,1-10H3;15H2,1-14H3;1-12H/q+2;;+2. The lowest BCUT2D eigenvalue weighted by Gasteiger charge is -2.46. The van der Waals surface area contributed by atoms with E-state index in [1.807, 2.05) is 0 Å². The lowest BCUT2D eigenvalue weighted by atomic mass is 9.58. The van der Waals surface area contributed by atoms with Gasteiger partial charge in [-0.05, 0) is 419 Å². The van der Waals surface area contributed by atoms with Crippen molar-refractivity contribution < 1.29 is 18.3 Å². The van der Waals surface area contributed by atoms with Crippen LogP contribution < -0.4 is 26.6 Å². The van der Waals surface area contributed by atoms with Crippen molar-refractivity contribution in [2.24, 2.45) is 0 Å². The molecule has 0 saturated carbocycles. The zero-order valence-corrected chi connectivity index (χ0v) is 72.0. The van der Waals surface area contributed by atoms with Gasteiger partial charge in [0.05, 0.1) is 61.0 Å². The first-order chi connectivity index (χ1) is 55.9. The molecule has 12 aliphatic heterocycles. The SMILES string of the molecule is C1=CC2=[N+]3C1=Cc1ccc4n1C31n3c(ccc3=C4)=CC3=[N+]1C(=C2)C=C3.Cc1c(C)c(C)c2c(c1C)c(C)c1c(C)c3c4c(c(C)c(C)c5c(C)c(C)c2c1c54)C(C)(C)CC3(C)C.Cc1c(C)c(C)c2c(c1C)c(C)c1c(C)c3c4c5c(c6c(C)c(C)c7c(C)c(C)c2c1c7c63)-c1ccc2n1C13n6c(ccc6=CC(=[N+]51)C=4)=CC1=[N+]3C(=C2)C=C1. The van der Waals surface area contributed by atoms with Crippen molar-refractivity contribution in [3.05, 3.63) is 274 Å². The van der Waals surface area contributed by atoms with Crippen molar-refractivity contribution in [2.75, 3.05) is 0 Å². The molecule has 568 valence electrons. The molecule has 1 aliphatic carbocycles. The van der Waals surface area contributed by atoms with Gasteiger partial charge in [0.25, 0.3) is 0 Å². The molecule has 28 rings (SSSR count). The van der Waals surface area contributed by atoms with Gasteiger partial charge in [-0.15, -0.1) is 0 Å². The molecule has 0 amide bonds. The van der Waals surface area contributed by atoms with Crippen LogP contribution in [0, 0.1) is 138 Å². The number of hydrogen-bond acceptors (Lipinski definition) is 0. The minimum absolute atomic E-state index is 0.119. The highest BCUT2D eigenvalue weighted by atomic mass is 15.6. The maximum atomic E-state index is 2.72. The van der Waals surface area contributed by atoms with Crippen LogP contribution in [0.3, 0.4) is 0 Å². The van der Waals surface area contributed by atoms with Crippen LogP contribution >= 0.6 is 0 Å². The average Bonchev–Trinajstić information content (AvgIpc) is 1.50. The minimum atomic E-state index is -0.628. The van der Waals surface area contributed by atoms with Gasteiger partial charge >= 0.3 is 11.8 Å². The highest BCUT2D eigenvalue weighted by Gasteiger charge is 2.72. The van der Waals surface area contributed by atoms with E-state index in [-0.39, 0.29) is 10.8 Å². The van der Waals surface area contributed by atoms with Gasteiger partial charge in [-0.25, -0.2) is 0 Å². The van der Waals surface area contributed by atoms with Gasteiger partial charge in [0.15, 0.2) is 0 Å². The summed E-state index contributed by atoms with van der Waals surface area (Å²) in [4.78, 5) is 0. The number of aromatic nitrogens is 4. The number of fused-ring (bicyclic) bond motifs is 7. The Bertz CT molecular complexity index is 8580. The summed E-state index contributed by atoms with van der Waals surface area (Å²) in [6, 6.07) is 18.4. The summed E-state index contributed by atoms with van der Waals surface area (Å²) in [6.07, 6.45) is 33.7. The molecule has 0 radical (unpaired) electrons. The monoisotopic (exact) mass is 1520 g/mol. The summed E-state index contributed by atoms with van der Waals surface area (Å²) >= 11 is 0. The normalized spacial score (nSPS) is 20.1. The molecule has 13 aliphatic rings. The Balaban J connectivity index is 0.000000104. The Labute approximate surface area is 680 Å². The summed E-state index contributed by atoms with van der Waals surface area (Å²) < 4.78 is 20.5. The minimum Gasteiger partial charge on any atom is -0.199 e. The number of nitrogens with zero attached hydrogens (tertiary/aromatic N) is 8. The molecule has 2 atom stereocenters. The van der Waals surface area contributed by atoms with Crippen molar-refractivity contribution >= 4 is 168 Å². The van der Waals surface area contributed by atoms with Crippen molar-refractivity contribution in [3.63, 3.8) is 0 Å². The first kappa shape index (κ1) is 67.2. The predicted molar refractivity (Wildman–Crippen MR) is 489 cm³/mol. The molecule has 0 saturated heterocycles. The average molecular weight is 1520 g/mol. The van der Waals surface area contributed by atoms with Crippen LogP contribution in [0.25, 0.3) is 151 Å². The lowest BCUT2D eigenvalue weighted by molar-refractivity contribution is -0.836. The molecule has 0 fully saturated rings. The second-order valence-corrected chi connectivity index (χ2v) is 38.8. The van der Waals surface area contributed by atoms with Crippen LogP contribution in [-0.2, 0) is 22.7 Å². The van der Waals surface area contributed by atoms with Crippen molar-refractivity contribution in [2.45, 2.75) is 195 Å². The number of aryl methyl sites for hydroxylation is 15. The van der Waals surface area contributed by atoms with Gasteiger partial charge in [0.1, 0.15) is 0 Å². The summed E-state index contributed by atoms with van der Waals surface area (Å²) in [5.41, 5.74) is 49.0. The molecule has 2 unspecified atom stereocenters. The zero-order valence-electron chi connectivity index (χ0n) is 72.0. The van der Waals surface area contributed by atoms with E-state index in [1.54, 1.807) is 21.9 Å². The third kappa shape index (κ3) is 6.87. The van der Waals surface area contributed by atoms with Gasteiger partial charge in [-0.1, -0.05) is 46.0 Å². The van der Waals surface area contributed by atoms with E-state index in [4.69, 9.17) is 0 Å². The fourth-order valence-electron chi connectivity index (χ4n) is 27.8. The van der Waals surface area contributed by atoms with E-state index in [9.17, 15) is 0 Å². The van der Waals surface area contributed by atoms with Crippen molar-refractivity contribution in [1.29, 1.82) is 0 Å². The third-order valence-electron chi connectivity index (χ3n) is 32.9. The summed E-state index contributed by atoms with van der Waals surface area (Å²) in [5, 5.41) is 33.1. The Kier molecular flexibility index (Phi) is 11.7. The van der Waals surface area contributed by atoms with E-state index in [1.165, 1.54) is 304 Å². The van der Waals surface area contributed by atoms with Gasteiger partial charge in [0.2, 0.25) is 45.6 Å². The smallest absolute Gasteiger partial charge is 0.199 e. The Morgan fingerprint density at radius 1 is 0.239 bits per heavy atom. The fourth-order valence-corrected chi connectivity index (χ4v) is 27.8. The predicted octanol–water partition coefficient (Wildman–Crippen LogP) is 20.4. The number of hydrogen-bond donors (Lipinski definition) is 0. The molecule has 117 heavy (non-hydrogen) atoms. The van der Waals surface area contributed by atoms with E-state index in [0.29, 0.717) is 0 Å². The van der Waals surface area contributed by atoms with Crippen LogP contribution in [0.5, 0.6) is 0 Å². The molecule has 0 bridgehead atoms. The summed E-state index contributed by atoms with van der Waals surface area (Å²) in [6.45, 7) is 57.7. The maximum absolute atomic E-state index is 2.72. The molecule has 15 aromatic rings. The molecule has 11 aromatic carbocycles. The largest absolute Gasteiger partial charge is 0.553 e. The molecule has 4 aromatic heterocycles. The molecule has 0 N–H and O–H groups in total. The van der Waals surface area contributed by atoms with Crippen LogP contribution in [0.15, 0.2) is 108 Å². The zero-order chi connectivity index (χ0) is 80.4. The van der Waals surface area contributed by atoms with E-state index < -0.39 is 11.8 Å². The Morgan fingerprint density at radius 3 is 1.09 bits per heavy atom. The summed E-state index contributed by atoms with van der Waals surface area (Å²) in [7, 11) is 0. The molecular weight excluding hydrogens is 1420 g/mol. The van der Waals surface area contributed by atoms with Crippen LogP contribution in [-0.4, -0.2) is 59.4 Å². The van der Waals surface area contributed by atoms with Crippen molar-refractivity contribution in [1.82, 2.24) is 18.3 Å². The van der Waals surface area contributed by atoms with Crippen LogP contribution in [0.4, 0.5) is 5.69 Å². The fraction of sp³-hybridized carbons (Fsp3) is 0.266. The topological polar surface area (TPSA) is 31.8 Å². The van der Waals surface area contributed by atoms with Crippen LogP contribution in [0.2, 0.25) is 0 Å². The molecular formula is C109H96N8+4. The second-order valence-electron chi connectivity index (χ2n) is 38.8. The summed E-state index contributed by atoms with van der Waals surface area (Å²) in [5.74, 6) is -1.06. The first-order valence-electron chi connectivity index (χ1n) is 42.8. The molecule has 2 spiro atoms. The van der Waals surface area contributed by atoms with E-state index in [2.05, 4.69) is 336 Å². The number of allylic oxidation sites excluding steroid dienone is 7. The molecule has 8 heteroatoms. The van der Waals surface area contributed by atoms with Gasteiger partial charge < -0.3 is 0 Å². The van der Waals surface area contributed by atoms with E-state index in [0.717, 1.165) is 0 Å². The number of benzene rings is 11. The second kappa shape index (κ2) is 20.3. The van der Waals surface area contributed by atoms with Crippen molar-refractivity contribution in [3.8, 4) is 11.3 Å². The van der Waals surface area contributed by atoms with Gasteiger partial charge in [-0.2, -0.15) is 18.3 Å². The van der Waals surface area contributed by atoms with E-state index >= 15 is 0 Å². The third-order valence-corrected chi connectivity index (χ3v) is 32.9. The Hall–Kier alpha value is -12.0. The molecule has 16 heterocycles. The molecule has 8 nitrogen and oxygen atoms in total. The first-order valence-corrected chi connectivity index (χ1v) is 42.8. The quantitative estimate of drug-likeness (QED) is 0.0823.